The van der Waals surface area contributed by atoms with Crippen LogP contribution in [-0.2, 0) is 6.18 Å². The highest BCUT2D eigenvalue weighted by molar-refractivity contribution is 5.69. The number of nitrogens with zero attached hydrogens (tertiary/aromatic N) is 1. The zero-order chi connectivity index (χ0) is 16.8. The van der Waals surface area contributed by atoms with Gasteiger partial charge in [-0.2, -0.15) is 13.2 Å². The van der Waals surface area contributed by atoms with Crippen molar-refractivity contribution in [3.8, 4) is 5.75 Å². The molecule has 122 valence electrons. The molecule has 10 heteroatoms. The van der Waals surface area contributed by atoms with Gasteiger partial charge in [0.25, 0.3) is 11.9 Å². The number of benzene rings is 1. The van der Waals surface area contributed by atoms with Gasteiger partial charge in [-0.05, 0) is 18.2 Å². The Kier molecular flexibility index (Phi) is 3.31. The van der Waals surface area contributed by atoms with Gasteiger partial charge in [-0.3, -0.25) is 14.8 Å². The first kappa shape index (κ1) is 15.0. The van der Waals surface area contributed by atoms with E-state index in [2.05, 4.69) is 10.3 Å². The largest absolute Gasteiger partial charge is 0.452 e. The van der Waals surface area contributed by atoms with E-state index in [0.717, 1.165) is 12.1 Å². The van der Waals surface area contributed by atoms with Crippen molar-refractivity contribution in [2.75, 3.05) is 17.3 Å². The summed E-state index contributed by atoms with van der Waals surface area (Å²) in [4.78, 5) is 28.8. The summed E-state index contributed by atoms with van der Waals surface area (Å²) < 4.78 is 43.6. The Morgan fingerprint density at radius 3 is 2.65 bits per heavy atom. The van der Waals surface area contributed by atoms with Crippen LogP contribution in [0.3, 0.4) is 0 Å². The van der Waals surface area contributed by atoms with E-state index in [1.807, 2.05) is 4.98 Å². The molecule has 2 aromatic rings. The van der Waals surface area contributed by atoms with Gasteiger partial charge in [0.2, 0.25) is 0 Å². The molecule has 0 spiro atoms. The Morgan fingerprint density at radius 2 is 1.96 bits per heavy atom. The lowest BCUT2D eigenvalue weighted by molar-refractivity contribution is -0.137. The minimum Gasteiger partial charge on any atom is -0.452 e. The molecule has 0 radical (unpaired) electrons. The normalized spacial score (nSPS) is 16.9. The number of hydrogen-bond acceptors (Lipinski definition) is 5. The molecular formula is C13H11F3N4O3. The summed E-state index contributed by atoms with van der Waals surface area (Å²) in [6.07, 6.45) is -5.42. The van der Waals surface area contributed by atoms with Crippen molar-refractivity contribution >= 4 is 11.5 Å². The number of anilines is 2. The number of rotatable bonds is 2. The third-order valence-electron chi connectivity index (χ3n) is 3.30. The molecule has 3 N–H and O–H groups in total. The van der Waals surface area contributed by atoms with E-state index in [4.69, 9.17) is 4.74 Å². The maximum atomic E-state index is 12.7. The molecule has 3 rings (SSSR count). The number of aromatic nitrogens is 2. The maximum absolute atomic E-state index is 12.7. The van der Waals surface area contributed by atoms with Crippen LogP contribution in [-0.4, -0.2) is 23.4 Å². The standard InChI is InChI=1S/C13H11F3N4O3/c1-20-9-8(10(21)19-11(22)18-9)17-12(20)23-7-4-2-3-6(5-7)13(14,15)16/h2-5,12,17H,1H3,(H2,18,19,21,22). The van der Waals surface area contributed by atoms with Gasteiger partial charge < -0.3 is 15.0 Å². The highest BCUT2D eigenvalue weighted by Crippen LogP contribution is 2.33. The van der Waals surface area contributed by atoms with Crippen LogP contribution in [0.2, 0.25) is 0 Å². The monoisotopic (exact) mass is 328 g/mol. The number of fused-ring (bicyclic) bond motifs is 1. The first-order chi connectivity index (χ1) is 10.8. The van der Waals surface area contributed by atoms with E-state index in [9.17, 15) is 22.8 Å². The summed E-state index contributed by atoms with van der Waals surface area (Å²) in [6.45, 7) is 0. The number of halogens is 3. The fraction of sp³-hybridized carbons (Fsp3) is 0.231. The minimum atomic E-state index is -4.49. The van der Waals surface area contributed by atoms with E-state index >= 15 is 0 Å². The van der Waals surface area contributed by atoms with Gasteiger partial charge in [-0.15, -0.1) is 0 Å². The van der Waals surface area contributed by atoms with Gasteiger partial charge in [0.05, 0.1) is 5.56 Å². The minimum absolute atomic E-state index is 0.0317. The number of hydrogen-bond donors (Lipinski definition) is 3. The lowest BCUT2D eigenvalue weighted by Crippen LogP contribution is -2.38. The number of aromatic amines is 2. The van der Waals surface area contributed by atoms with Gasteiger partial charge in [0.1, 0.15) is 17.3 Å². The average molecular weight is 328 g/mol. The Bertz CT molecular complexity index is 859. The van der Waals surface area contributed by atoms with Crippen molar-refractivity contribution in [1.82, 2.24) is 9.97 Å². The Labute approximate surface area is 126 Å². The van der Waals surface area contributed by atoms with Crippen molar-refractivity contribution in [1.29, 1.82) is 0 Å². The van der Waals surface area contributed by atoms with Crippen molar-refractivity contribution in [3.05, 3.63) is 50.7 Å². The summed E-state index contributed by atoms with van der Waals surface area (Å²) in [5.74, 6) is 0.159. The van der Waals surface area contributed by atoms with Crippen molar-refractivity contribution < 1.29 is 17.9 Å². The van der Waals surface area contributed by atoms with E-state index in [0.29, 0.717) is 0 Å². The van der Waals surface area contributed by atoms with Gasteiger partial charge in [-0.25, -0.2) is 4.79 Å². The second-order valence-corrected chi connectivity index (χ2v) is 4.88. The molecule has 1 aliphatic heterocycles. The average Bonchev–Trinajstić information content (AvgIpc) is 2.76. The Hall–Kier alpha value is -2.91. The molecule has 0 amide bonds. The summed E-state index contributed by atoms with van der Waals surface area (Å²) in [5.41, 5.74) is -2.11. The van der Waals surface area contributed by atoms with Crippen molar-refractivity contribution in [3.63, 3.8) is 0 Å². The molecule has 0 saturated carbocycles. The summed E-state index contributed by atoms with van der Waals surface area (Å²) in [7, 11) is 1.52. The van der Waals surface area contributed by atoms with E-state index in [1.165, 1.54) is 24.1 Å². The van der Waals surface area contributed by atoms with E-state index in [-0.39, 0.29) is 17.3 Å². The Balaban J connectivity index is 1.87. The molecule has 1 aromatic heterocycles. The summed E-state index contributed by atoms with van der Waals surface area (Å²) in [6, 6.07) is 4.36. The fourth-order valence-electron chi connectivity index (χ4n) is 2.19. The lowest BCUT2D eigenvalue weighted by Gasteiger charge is -2.22. The molecular weight excluding hydrogens is 317 g/mol. The highest BCUT2D eigenvalue weighted by Gasteiger charge is 2.33. The first-order valence-corrected chi connectivity index (χ1v) is 6.45. The van der Waals surface area contributed by atoms with Crippen molar-refractivity contribution in [2.45, 2.75) is 12.5 Å². The zero-order valence-electron chi connectivity index (χ0n) is 11.7. The zero-order valence-corrected chi connectivity index (χ0v) is 11.7. The molecule has 1 atom stereocenters. The predicted octanol–water partition coefficient (Wildman–Crippen LogP) is 1.31. The third kappa shape index (κ3) is 2.74. The molecule has 23 heavy (non-hydrogen) atoms. The smallest absolute Gasteiger partial charge is 0.416 e. The topological polar surface area (TPSA) is 90.2 Å². The number of nitrogens with one attached hydrogen (secondary N) is 3. The summed E-state index contributed by atoms with van der Waals surface area (Å²) >= 11 is 0. The van der Waals surface area contributed by atoms with Crippen LogP contribution >= 0.6 is 0 Å². The molecule has 0 fully saturated rings. The van der Waals surface area contributed by atoms with Crippen LogP contribution in [0.5, 0.6) is 5.75 Å². The molecule has 2 heterocycles. The van der Waals surface area contributed by atoms with Gasteiger partial charge >= 0.3 is 11.9 Å². The Morgan fingerprint density at radius 1 is 1.22 bits per heavy atom. The lowest BCUT2D eigenvalue weighted by atomic mass is 10.2. The number of ether oxygens (including phenoxy) is 1. The second kappa shape index (κ2) is 5.07. The predicted molar refractivity (Wildman–Crippen MR) is 75.6 cm³/mol. The molecule has 0 bridgehead atoms. The van der Waals surface area contributed by atoms with Crippen LogP contribution < -0.4 is 26.2 Å². The van der Waals surface area contributed by atoms with Crippen LogP contribution in [0.25, 0.3) is 0 Å². The molecule has 0 saturated heterocycles. The maximum Gasteiger partial charge on any atom is 0.416 e. The van der Waals surface area contributed by atoms with E-state index in [1.54, 1.807) is 0 Å². The molecule has 7 nitrogen and oxygen atoms in total. The van der Waals surface area contributed by atoms with Crippen LogP contribution in [0, 0.1) is 0 Å². The van der Waals surface area contributed by atoms with Gasteiger partial charge in [0, 0.05) is 7.05 Å². The number of alkyl halides is 3. The quantitative estimate of drug-likeness (QED) is 0.773. The van der Waals surface area contributed by atoms with Crippen molar-refractivity contribution in [2.24, 2.45) is 0 Å². The molecule has 1 aliphatic rings. The van der Waals surface area contributed by atoms with Gasteiger partial charge in [-0.1, -0.05) is 6.07 Å². The van der Waals surface area contributed by atoms with Crippen LogP contribution in [0.4, 0.5) is 24.7 Å². The van der Waals surface area contributed by atoms with Gasteiger partial charge in [0.15, 0.2) is 0 Å². The first-order valence-electron chi connectivity index (χ1n) is 6.45. The van der Waals surface area contributed by atoms with Crippen LogP contribution in [0.15, 0.2) is 33.9 Å². The highest BCUT2D eigenvalue weighted by atomic mass is 19.4. The number of H-pyrrole nitrogens is 2. The summed E-state index contributed by atoms with van der Waals surface area (Å²) in [5, 5.41) is 2.69. The van der Waals surface area contributed by atoms with Crippen LogP contribution in [0.1, 0.15) is 5.56 Å². The second-order valence-electron chi connectivity index (χ2n) is 4.88. The SMILES string of the molecule is CN1c2[nH]c(=O)[nH]c(=O)c2NC1Oc1cccc(C(F)(F)F)c1. The third-order valence-corrected chi connectivity index (χ3v) is 3.30. The van der Waals surface area contributed by atoms with E-state index < -0.39 is 29.3 Å². The fourth-order valence-corrected chi connectivity index (χ4v) is 2.19. The molecule has 0 aliphatic carbocycles. The molecule has 1 unspecified atom stereocenters. The molecule has 1 aromatic carbocycles.